The minimum absolute atomic E-state index is 0.331. The highest BCUT2D eigenvalue weighted by Gasteiger charge is 2.13. The number of hydrogen-bond acceptors (Lipinski definition) is 2. The summed E-state index contributed by atoms with van der Waals surface area (Å²) in [6.45, 7) is 4.31. The Bertz CT molecular complexity index is 374. The van der Waals surface area contributed by atoms with E-state index in [9.17, 15) is 4.79 Å². The molecule has 3 heteroatoms. The van der Waals surface area contributed by atoms with Gasteiger partial charge in [0.15, 0.2) is 0 Å². The van der Waals surface area contributed by atoms with Crippen molar-refractivity contribution in [1.29, 1.82) is 0 Å². The van der Waals surface area contributed by atoms with Crippen molar-refractivity contribution in [2.24, 2.45) is 0 Å². The zero-order chi connectivity index (χ0) is 13.4. The van der Waals surface area contributed by atoms with Crippen LogP contribution in [-0.4, -0.2) is 11.3 Å². The Kier molecular flexibility index (Phi) is 6.26. The molecule has 0 aliphatic carbocycles. The quantitative estimate of drug-likeness (QED) is 0.429. The summed E-state index contributed by atoms with van der Waals surface area (Å²) in [6, 6.07) is 7.38. The van der Waals surface area contributed by atoms with Gasteiger partial charge in [-0.25, -0.2) is 4.79 Å². The van der Waals surface area contributed by atoms with E-state index in [0.29, 0.717) is 11.7 Å². The van der Waals surface area contributed by atoms with Crippen LogP contribution in [0.3, 0.4) is 0 Å². The van der Waals surface area contributed by atoms with Crippen LogP contribution < -0.4 is 4.74 Å². The van der Waals surface area contributed by atoms with Gasteiger partial charge in [-0.1, -0.05) is 57.7 Å². The summed E-state index contributed by atoms with van der Waals surface area (Å²) in [7, 11) is 0. The van der Waals surface area contributed by atoms with Crippen molar-refractivity contribution in [2.75, 3.05) is 0 Å². The Morgan fingerprint density at radius 1 is 1.28 bits per heavy atom. The highest BCUT2D eigenvalue weighted by molar-refractivity contribution is 5.62. The van der Waals surface area contributed by atoms with Crippen LogP contribution in [0.4, 0.5) is 4.79 Å². The molecule has 0 amide bonds. The Hall–Kier alpha value is -1.51. The Morgan fingerprint density at radius 2 is 2.00 bits per heavy atom. The molecule has 0 saturated heterocycles. The van der Waals surface area contributed by atoms with E-state index < -0.39 is 6.16 Å². The summed E-state index contributed by atoms with van der Waals surface area (Å²) in [5.74, 6) is 0.797. The molecule has 0 fully saturated rings. The summed E-state index contributed by atoms with van der Waals surface area (Å²) in [4.78, 5) is 10.6. The number of carbonyl (C=O) groups is 1. The molecule has 1 N–H and O–H groups in total. The van der Waals surface area contributed by atoms with Crippen molar-refractivity contribution in [2.45, 2.75) is 51.9 Å². The molecule has 0 aliphatic heterocycles. The molecule has 1 rings (SSSR count). The van der Waals surface area contributed by atoms with Gasteiger partial charge >= 0.3 is 6.16 Å². The number of hydrogen-bond donors (Lipinski definition) is 1. The molecule has 0 heterocycles. The molecule has 0 saturated carbocycles. The predicted molar refractivity (Wildman–Crippen MR) is 72.3 cm³/mol. The highest BCUT2D eigenvalue weighted by atomic mass is 16.7. The lowest BCUT2D eigenvalue weighted by Gasteiger charge is -2.15. The smallest absolute Gasteiger partial charge is 0.449 e. The summed E-state index contributed by atoms with van der Waals surface area (Å²) < 4.78 is 4.81. The minimum atomic E-state index is -1.25. The maximum absolute atomic E-state index is 10.6. The second-order valence-electron chi connectivity index (χ2n) is 4.66. The number of ether oxygens (including phenoxy) is 1. The maximum Gasteiger partial charge on any atom is 0.511 e. The van der Waals surface area contributed by atoms with Crippen molar-refractivity contribution in [3.05, 3.63) is 29.8 Å². The van der Waals surface area contributed by atoms with Gasteiger partial charge in [0, 0.05) is 0 Å². The van der Waals surface area contributed by atoms with Gasteiger partial charge in [0.2, 0.25) is 0 Å². The van der Waals surface area contributed by atoms with Gasteiger partial charge < -0.3 is 9.84 Å². The third kappa shape index (κ3) is 4.78. The number of benzene rings is 1. The number of unbranched alkanes of at least 4 members (excludes halogenated alkanes) is 3. The molecule has 0 spiro atoms. The van der Waals surface area contributed by atoms with Crippen LogP contribution in [-0.2, 0) is 0 Å². The summed E-state index contributed by atoms with van der Waals surface area (Å²) in [5, 5.41) is 8.70. The van der Waals surface area contributed by atoms with Gasteiger partial charge in [0.1, 0.15) is 5.75 Å². The molecule has 0 radical (unpaired) electrons. The van der Waals surface area contributed by atoms with E-state index >= 15 is 0 Å². The second-order valence-corrected chi connectivity index (χ2v) is 4.66. The van der Waals surface area contributed by atoms with Gasteiger partial charge in [-0.2, -0.15) is 0 Å². The van der Waals surface area contributed by atoms with Crippen molar-refractivity contribution in [3.8, 4) is 5.75 Å². The van der Waals surface area contributed by atoms with Gasteiger partial charge in [-0.3, -0.25) is 0 Å². The normalized spacial score (nSPS) is 12.1. The molecule has 0 aromatic heterocycles. The number of carboxylic acid groups (broad SMARTS) is 1. The Balaban J connectivity index is 2.60. The largest absolute Gasteiger partial charge is 0.511 e. The van der Waals surface area contributed by atoms with E-state index in [2.05, 4.69) is 13.8 Å². The first kappa shape index (κ1) is 14.6. The van der Waals surface area contributed by atoms with Crippen molar-refractivity contribution in [3.63, 3.8) is 0 Å². The average molecular weight is 250 g/mol. The van der Waals surface area contributed by atoms with E-state index in [0.717, 1.165) is 12.0 Å². The molecule has 1 unspecified atom stereocenters. The van der Waals surface area contributed by atoms with E-state index in [4.69, 9.17) is 9.84 Å². The Labute approximate surface area is 109 Å². The Morgan fingerprint density at radius 3 is 2.67 bits per heavy atom. The SMILES string of the molecule is CCCCCCC(C)c1ccccc1OC(=O)O. The fraction of sp³-hybridized carbons (Fsp3) is 0.533. The number of para-hydroxylation sites is 1. The van der Waals surface area contributed by atoms with Crippen molar-refractivity contribution in [1.82, 2.24) is 0 Å². The maximum atomic E-state index is 10.6. The monoisotopic (exact) mass is 250 g/mol. The third-order valence-corrected chi connectivity index (χ3v) is 3.14. The first-order valence-electron chi connectivity index (χ1n) is 6.64. The van der Waals surface area contributed by atoms with Crippen LogP contribution in [0.1, 0.15) is 57.4 Å². The van der Waals surface area contributed by atoms with Crippen LogP contribution >= 0.6 is 0 Å². The lowest BCUT2D eigenvalue weighted by Crippen LogP contribution is -2.06. The van der Waals surface area contributed by atoms with Gasteiger partial charge in [-0.05, 0) is 24.0 Å². The molecule has 0 aliphatic rings. The minimum Gasteiger partial charge on any atom is -0.449 e. The molecule has 3 nitrogen and oxygen atoms in total. The summed E-state index contributed by atoms with van der Waals surface area (Å²) in [6.07, 6.45) is 4.73. The van der Waals surface area contributed by atoms with Crippen LogP contribution in [0, 0.1) is 0 Å². The van der Waals surface area contributed by atoms with Crippen LogP contribution in [0.2, 0.25) is 0 Å². The number of rotatable bonds is 7. The highest BCUT2D eigenvalue weighted by Crippen LogP contribution is 2.30. The molecule has 100 valence electrons. The fourth-order valence-corrected chi connectivity index (χ4v) is 2.11. The predicted octanol–water partition coefficient (Wildman–Crippen LogP) is 4.82. The standard InChI is InChI=1S/C15H22O3/c1-3-4-5-6-9-12(2)13-10-7-8-11-14(13)18-15(16)17/h7-8,10-12H,3-6,9H2,1-2H3,(H,16,17). The van der Waals surface area contributed by atoms with Crippen LogP contribution in [0.25, 0.3) is 0 Å². The molecular weight excluding hydrogens is 228 g/mol. The molecule has 0 bridgehead atoms. The lowest BCUT2D eigenvalue weighted by molar-refractivity contribution is 0.144. The zero-order valence-corrected chi connectivity index (χ0v) is 11.2. The first-order valence-corrected chi connectivity index (χ1v) is 6.64. The van der Waals surface area contributed by atoms with Crippen LogP contribution in [0.15, 0.2) is 24.3 Å². The lowest BCUT2D eigenvalue weighted by atomic mass is 9.94. The molecule has 18 heavy (non-hydrogen) atoms. The van der Waals surface area contributed by atoms with Crippen molar-refractivity contribution < 1.29 is 14.6 Å². The second kappa shape index (κ2) is 7.75. The average Bonchev–Trinajstić information content (AvgIpc) is 2.34. The molecular formula is C15H22O3. The topological polar surface area (TPSA) is 46.5 Å². The summed E-state index contributed by atoms with van der Waals surface area (Å²) >= 11 is 0. The van der Waals surface area contributed by atoms with Gasteiger partial charge in [0.05, 0.1) is 0 Å². The molecule has 1 aromatic carbocycles. The van der Waals surface area contributed by atoms with Gasteiger partial charge in [-0.15, -0.1) is 0 Å². The molecule has 1 aromatic rings. The van der Waals surface area contributed by atoms with E-state index in [1.54, 1.807) is 12.1 Å². The first-order chi connectivity index (χ1) is 8.65. The fourth-order valence-electron chi connectivity index (χ4n) is 2.11. The summed E-state index contributed by atoms with van der Waals surface area (Å²) in [5.41, 5.74) is 0.983. The molecule has 1 atom stereocenters. The van der Waals surface area contributed by atoms with E-state index in [-0.39, 0.29) is 0 Å². The van der Waals surface area contributed by atoms with E-state index in [1.807, 2.05) is 12.1 Å². The van der Waals surface area contributed by atoms with Crippen molar-refractivity contribution >= 4 is 6.16 Å². The third-order valence-electron chi connectivity index (χ3n) is 3.14. The van der Waals surface area contributed by atoms with E-state index in [1.165, 1.54) is 25.7 Å². The van der Waals surface area contributed by atoms with Gasteiger partial charge in [0.25, 0.3) is 0 Å². The zero-order valence-electron chi connectivity index (χ0n) is 11.2. The van der Waals surface area contributed by atoms with Crippen LogP contribution in [0.5, 0.6) is 5.75 Å².